The molecule has 0 spiro atoms. The van der Waals surface area contributed by atoms with Gasteiger partial charge in [-0.05, 0) is 36.3 Å². The molecule has 7 nitrogen and oxygen atoms in total. The number of nitrogens with one attached hydrogen (secondary N) is 2. The first kappa shape index (κ1) is 17.1. The van der Waals surface area contributed by atoms with E-state index in [1.165, 1.54) is 6.20 Å². The Morgan fingerprint density at radius 3 is 2.40 bits per heavy atom. The molecule has 0 aliphatic rings. The molecule has 130 valence electrons. The van der Waals surface area contributed by atoms with Gasteiger partial charge in [0.2, 0.25) is 4.90 Å². The summed E-state index contributed by atoms with van der Waals surface area (Å²) < 4.78 is 27.5. The smallest absolute Gasteiger partial charge is 0.340 e. The van der Waals surface area contributed by atoms with Crippen LogP contribution in [0.1, 0.15) is 11.4 Å². The summed E-state index contributed by atoms with van der Waals surface area (Å²) in [7, 11) is -1.69. The fourth-order valence-corrected chi connectivity index (χ4v) is 3.54. The fourth-order valence-electron chi connectivity index (χ4n) is 2.41. The van der Waals surface area contributed by atoms with Crippen LogP contribution in [0, 0.1) is 13.8 Å². The average Bonchev–Trinajstić information content (AvgIpc) is 2.82. The number of rotatable bonds is 5. The first-order chi connectivity index (χ1) is 11.9. The van der Waals surface area contributed by atoms with E-state index in [0.29, 0.717) is 17.2 Å². The van der Waals surface area contributed by atoms with Crippen LogP contribution in [0.2, 0.25) is 0 Å². The molecule has 0 aliphatic carbocycles. The summed E-state index contributed by atoms with van der Waals surface area (Å²) in [6.07, 6.45) is 1.39. The second kappa shape index (κ2) is 6.66. The van der Waals surface area contributed by atoms with Crippen molar-refractivity contribution in [3.8, 4) is 0 Å². The van der Waals surface area contributed by atoms with E-state index < -0.39 is 10.4 Å². The summed E-state index contributed by atoms with van der Waals surface area (Å²) in [6, 6.07) is 12.8. The zero-order chi connectivity index (χ0) is 18.0. The van der Waals surface area contributed by atoms with Gasteiger partial charge in [-0.2, -0.15) is 14.4 Å². The fraction of sp³-hybridized carbons (Fsp3) is 0.176. The molecule has 0 saturated heterocycles. The van der Waals surface area contributed by atoms with Crippen LogP contribution < -0.4 is 10.0 Å². The Bertz CT molecular complexity index is 922. The summed E-state index contributed by atoms with van der Waals surface area (Å²) in [5, 5.41) is 7.38. The van der Waals surface area contributed by atoms with Gasteiger partial charge in [0.05, 0.1) is 17.6 Å². The molecule has 2 aromatic heterocycles. The molecular formula is C17H20N5O2S+. The Morgan fingerprint density at radius 2 is 1.84 bits per heavy atom. The van der Waals surface area contributed by atoms with Crippen molar-refractivity contribution < 1.29 is 8.76 Å². The van der Waals surface area contributed by atoms with E-state index in [1.807, 2.05) is 37.3 Å². The lowest BCUT2D eigenvalue weighted by Gasteiger charge is -2.08. The van der Waals surface area contributed by atoms with Crippen molar-refractivity contribution >= 4 is 27.6 Å². The first-order valence-electron chi connectivity index (χ1n) is 7.69. The van der Waals surface area contributed by atoms with E-state index >= 15 is 0 Å². The Hall–Kier alpha value is -2.71. The minimum Gasteiger partial charge on any atom is -0.340 e. The van der Waals surface area contributed by atoms with Gasteiger partial charge < -0.3 is 5.32 Å². The van der Waals surface area contributed by atoms with Crippen molar-refractivity contribution in [3.63, 3.8) is 0 Å². The standard InChI is InChI=1S/C17H19N5O2S/c1-12-17(13(2)22(3)20-12)21-25(23,24)15-9-10-16(18-11-15)19-14-7-5-4-6-8-14/h4-11H,1-3H3,(H2-,18,19,21,23,24)/p+1. The summed E-state index contributed by atoms with van der Waals surface area (Å²) >= 11 is 0. The Balaban J connectivity index is 1.79. The summed E-state index contributed by atoms with van der Waals surface area (Å²) in [6.45, 7) is 3.62. The number of anilines is 3. The van der Waals surface area contributed by atoms with Crippen LogP contribution in [0.4, 0.5) is 17.2 Å². The van der Waals surface area contributed by atoms with Crippen LogP contribution in [0.25, 0.3) is 0 Å². The number of benzene rings is 1. The van der Waals surface area contributed by atoms with E-state index in [-0.39, 0.29) is 4.90 Å². The lowest BCUT2D eigenvalue weighted by Crippen LogP contribution is -2.21. The lowest BCUT2D eigenvalue weighted by atomic mass is 10.3. The maximum absolute atomic E-state index is 12.7. The van der Waals surface area contributed by atoms with Crippen LogP contribution in [0.3, 0.4) is 0 Å². The quantitative estimate of drug-likeness (QED) is 0.607. The number of aryl methyl sites for hydroxylation is 2. The van der Waals surface area contributed by atoms with Crippen molar-refractivity contribution in [2.75, 3.05) is 10.0 Å². The van der Waals surface area contributed by atoms with Crippen LogP contribution in [0.15, 0.2) is 53.6 Å². The Kier molecular flexibility index (Phi) is 4.56. The van der Waals surface area contributed by atoms with E-state index in [2.05, 4.69) is 20.1 Å². The SMILES string of the molecule is Cc1nn(C)c(C)c1N[S+](=O)(O)c1ccc(Nc2ccccc2)nc1. The van der Waals surface area contributed by atoms with Gasteiger partial charge in [0.1, 0.15) is 11.5 Å². The Morgan fingerprint density at radius 1 is 1.12 bits per heavy atom. The number of pyridine rings is 1. The third kappa shape index (κ3) is 3.70. The second-order valence-electron chi connectivity index (χ2n) is 5.67. The van der Waals surface area contributed by atoms with Crippen molar-refractivity contribution in [2.24, 2.45) is 7.05 Å². The molecule has 0 aliphatic heterocycles. The lowest BCUT2D eigenvalue weighted by molar-refractivity contribution is 0.502. The molecule has 1 unspecified atom stereocenters. The van der Waals surface area contributed by atoms with Crippen molar-refractivity contribution in [1.29, 1.82) is 0 Å². The highest BCUT2D eigenvalue weighted by Gasteiger charge is 2.32. The Labute approximate surface area is 147 Å². The van der Waals surface area contributed by atoms with Crippen LogP contribution in [-0.4, -0.2) is 19.3 Å². The molecule has 0 bridgehead atoms. The normalized spacial score (nSPS) is 13.3. The van der Waals surface area contributed by atoms with Gasteiger partial charge in [0.15, 0.2) is 0 Å². The summed E-state index contributed by atoms with van der Waals surface area (Å²) in [5.41, 5.74) is 2.90. The molecule has 3 rings (SSSR count). The predicted octanol–water partition coefficient (Wildman–Crippen LogP) is 3.53. The number of nitrogens with zero attached hydrogens (tertiary/aromatic N) is 3. The molecule has 25 heavy (non-hydrogen) atoms. The zero-order valence-electron chi connectivity index (χ0n) is 14.2. The molecule has 0 fully saturated rings. The second-order valence-corrected chi connectivity index (χ2v) is 7.39. The number of hydrogen-bond donors (Lipinski definition) is 3. The number of para-hydroxylation sites is 1. The minimum atomic E-state index is -3.48. The van der Waals surface area contributed by atoms with Gasteiger partial charge in [-0.1, -0.05) is 18.2 Å². The third-order valence-electron chi connectivity index (χ3n) is 3.85. The molecule has 0 radical (unpaired) electrons. The molecule has 2 heterocycles. The van der Waals surface area contributed by atoms with Crippen molar-refractivity contribution in [2.45, 2.75) is 18.7 Å². The maximum atomic E-state index is 12.7. The largest absolute Gasteiger partial charge is 0.347 e. The number of aromatic nitrogens is 3. The molecule has 3 aromatic rings. The third-order valence-corrected chi connectivity index (χ3v) is 5.21. The zero-order valence-corrected chi connectivity index (χ0v) is 15.0. The van der Waals surface area contributed by atoms with E-state index in [9.17, 15) is 8.76 Å². The molecular weight excluding hydrogens is 338 g/mol. The van der Waals surface area contributed by atoms with Crippen LogP contribution >= 0.6 is 0 Å². The highest BCUT2D eigenvalue weighted by atomic mass is 32.3. The highest BCUT2D eigenvalue weighted by Crippen LogP contribution is 2.26. The molecule has 1 atom stereocenters. The predicted molar refractivity (Wildman–Crippen MR) is 99.2 cm³/mol. The topological polar surface area (TPSA) is 92.1 Å². The molecule has 0 saturated carbocycles. The van der Waals surface area contributed by atoms with Gasteiger partial charge in [-0.3, -0.25) is 4.68 Å². The van der Waals surface area contributed by atoms with Crippen LogP contribution in [0.5, 0.6) is 0 Å². The average molecular weight is 358 g/mol. The van der Waals surface area contributed by atoms with E-state index in [1.54, 1.807) is 30.8 Å². The monoisotopic (exact) mass is 358 g/mol. The van der Waals surface area contributed by atoms with E-state index in [4.69, 9.17) is 0 Å². The molecule has 0 amide bonds. The van der Waals surface area contributed by atoms with E-state index in [0.717, 1.165) is 11.4 Å². The van der Waals surface area contributed by atoms with Crippen molar-refractivity contribution in [3.05, 3.63) is 60.0 Å². The highest BCUT2D eigenvalue weighted by molar-refractivity contribution is 7.99. The minimum absolute atomic E-state index is 0.203. The van der Waals surface area contributed by atoms with Gasteiger partial charge in [0.25, 0.3) is 0 Å². The molecule has 1 aromatic carbocycles. The molecule has 8 heteroatoms. The number of hydrogen-bond acceptors (Lipinski definition) is 4. The first-order valence-corrected chi connectivity index (χ1v) is 9.21. The van der Waals surface area contributed by atoms with Gasteiger partial charge in [-0.15, -0.1) is 0 Å². The van der Waals surface area contributed by atoms with Crippen LogP contribution in [-0.2, 0) is 21.7 Å². The van der Waals surface area contributed by atoms with Gasteiger partial charge >= 0.3 is 10.4 Å². The van der Waals surface area contributed by atoms with Gasteiger partial charge in [0, 0.05) is 18.8 Å². The molecule has 3 N–H and O–H groups in total. The summed E-state index contributed by atoms with van der Waals surface area (Å²) in [5.74, 6) is 0.596. The maximum Gasteiger partial charge on any atom is 0.347 e. The van der Waals surface area contributed by atoms with Gasteiger partial charge in [-0.25, -0.2) is 4.98 Å². The summed E-state index contributed by atoms with van der Waals surface area (Å²) in [4.78, 5) is 4.42. The van der Waals surface area contributed by atoms with Crippen molar-refractivity contribution in [1.82, 2.24) is 14.8 Å².